The Morgan fingerprint density at radius 1 is 1.20 bits per heavy atom. The summed E-state index contributed by atoms with van der Waals surface area (Å²) in [6, 6.07) is 3.48. The number of benzene rings is 1. The van der Waals surface area contributed by atoms with Crippen LogP contribution >= 0.6 is 23.2 Å². The molecular weight excluding hydrogens is 295 g/mol. The summed E-state index contributed by atoms with van der Waals surface area (Å²) < 4.78 is 0. The van der Waals surface area contributed by atoms with Crippen molar-refractivity contribution >= 4 is 34.6 Å². The number of piperidine rings is 1. The van der Waals surface area contributed by atoms with Gasteiger partial charge in [0.2, 0.25) is 0 Å². The van der Waals surface area contributed by atoms with Crippen LogP contribution in [-0.2, 0) is 0 Å². The van der Waals surface area contributed by atoms with Crippen LogP contribution in [0.3, 0.4) is 0 Å². The Bertz CT molecular complexity index is 500. The van der Waals surface area contributed by atoms with Crippen LogP contribution < -0.4 is 10.6 Å². The molecule has 2 atom stereocenters. The number of nitrogens with zero attached hydrogens (tertiary/aromatic N) is 1. The maximum absolute atomic E-state index is 10.7. The summed E-state index contributed by atoms with van der Waals surface area (Å²) in [5.41, 5.74) is 6.71. The first-order valence-corrected chi connectivity index (χ1v) is 7.97. The van der Waals surface area contributed by atoms with Crippen molar-refractivity contribution in [2.75, 3.05) is 23.7 Å². The van der Waals surface area contributed by atoms with Gasteiger partial charge in [-0.15, -0.1) is 0 Å². The van der Waals surface area contributed by atoms with Gasteiger partial charge in [-0.3, -0.25) is 0 Å². The molecule has 0 amide bonds. The number of aliphatic hydroxyl groups is 1. The molecule has 3 rings (SSSR count). The zero-order valence-electron chi connectivity index (χ0n) is 11.4. The lowest BCUT2D eigenvalue weighted by molar-refractivity contribution is -0.0612. The van der Waals surface area contributed by atoms with Crippen LogP contribution in [0.25, 0.3) is 0 Å². The molecule has 0 aromatic heterocycles. The number of halogens is 2. The van der Waals surface area contributed by atoms with Crippen LogP contribution in [0.15, 0.2) is 12.1 Å². The topological polar surface area (TPSA) is 49.5 Å². The minimum absolute atomic E-state index is 0.315. The Kier molecular flexibility index (Phi) is 3.78. The van der Waals surface area contributed by atoms with E-state index in [9.17, 15) is 5.11 Å². The van der Waals surface area contributed by atoms with E-state index in [2.05, 4.69) is 4.90 Å². The van der Waals surface area contributed by atoms with Gasteiger partial charge in [-0.1, -0.05) is 36.0 Å². The molecule has 3 N–H and O–H groups in total. The standard InChI is InChI=1S/C15H20Cl2N2O/c16-12-7-11(18)8-13(17)14(12)19-6-5-15(20)4-2-1-3-10(15)9-19/h7-8,10,20H,1-6,9,18H2. The Hall–Kier alpha value is -0.640. The number of hydrogen-bond donors (Lipinski definition) is 2. The van der Waals surface area contributed by atoms with Crippen LogP contribution in [-0.4, -0.2) is 23.8 Å². The van der Waals surface area contributed by atoms with Gasteiger partial charge in [-0.2, -0.15) is 0 Å². The van der Waals surface area contributed by atoms with E-state index in [1.165, 1.54) is 6.42 Å². The third kappa shape index (κ3) is 2.47. The fourth-order valence-corrected chi connectivity index (χ4v) is 4.40. The molecule has 1 aromatic carbocycles. The van der Waals surface area contributed by atoms with E-state index < -0.39 is 5.60 Å². The first-order valence-electron chi connectivity index (χ1n) is 7.21. The minimum atomic E-state index is -0.485. The largest absolute Gasteiger partial charge is 0.399 e. The fourth-order valence-electron chi connectivity index (χ4n) is 3.66. The zero-order valence-corrected chi connectivity index (χ0v) is 12.9. The normalized spacial score (nSPS) is 30.1. The summed E-state index contributed by atoms with van der Waals surface area (Å²) in [4.78, 5) is 2.20. The van der Waals surface area contributed by atoms with E-state index in [0.29, 0.717) is 21.7 Å². The van der Waals surface area contributed by atoms with Crippen molar-refractivity contribution in [1.29, 1.82) is 0 Å². The van der Waals surface area contributed by atoms with Crippen molar-refractivity contribution in [3.63, 3.8) is 0 Å². The second kappa shape index (κ2) is 5.28. The highest BCUT2D eigenvalue weighted by Crippen LogP contribution is 2.44. The smallest absolute Gasteiger partial charge is 0.0746 e. The van der Waals surface area contributed by atoms with Gasteiger partial charge in [0.1, 0.15) is 0 Å². The van der Waals surface area contributed by atoms with Crippen molar-refractivity contribution in [3.05, 3.63) is 22.2 Å². The monoisotopic (exact) mass is 314 g/mol. The lowest BCUT2D eigenvalue weighted by Crippen LogP contribution is -2.53. The first kappa shape index (κ1) is 14.3. The highest BCUT2D eigenvalue weighted by molar-refractivity contribution is 6.39. The van der Waals surface area contributed by atoms with Gasteiger partial charge in [0.25, 0.3) is 0 Å². The van der Waals surface area contributed by atoms with Crippen molar-refractivity contribution in [2.45, 2.75) is 37.7 Å². The van der Waals surface area contributed by atoms with Crippen molar-refractivity contribution in [3.8, 4) is 0 Å². The SMILES string of the molecule is Nc1cc(Cl)c(N2CCC3(O)CCCCC3C2)c(Cl)c1. The molecule has 3 nitrogen and oxygen atoms in total. The number of anilines is 2. The Morgan fingerprint density at radius 2 is 1.90 bits per heavy atom. The summed E-state index contributed by atoms with van der Waals surface area (Å²) in [6.45, 7) is 1.61. The molecule has 0 bridgehead atoms. The Balaban J connectivity index is 1.86. The van der Waals surface area contributed by atoms with Gasteiger partial charge in [-0.25, -0.2) is 0 Å². The lowest BCUT2D eigenvalue weighted by atomic mass is 9.71. The van der Waals surface area contributed by atoms with Crippen molar-refractivity contribution in [2.24, 2.45) is 5.92 Å². The molecule has 110 valence electrons. The van der Waals surface area contributed by atoms with Crippen LogP contribution in [0.2, 0.25) is 10.0 Å². The maximum Gasteiger partial charge on any atom is 0.0746 e. The second-order valence-corrected chi connectivity index (χ2v) is 6.89. The molecule has 1 aliphatic heterocycles. The van der Waals surface area contributed by atoms with Crippen LogP contribution in [0.5, 0.6) is 0 Å². The molecular formula is C15H20Cl2N2O. The predicted octanol–water partition coefficient (Wildman–Crippen LogP) is 3.71. The average Bonchev–Trinajstić information content (AvgIpc) is 2.37. The Labute approximate surface area is 129 Å². The van der Waals surface area contributed by atoms with Crippen LogP contribution in [0.4, 0.5) is 11.4 Å². The Morgan fingerprint density at radius 3 is 2.60 bits per heavy atom. The average molecular weight is 315 g/mol. The number of fused-ring (bicyclic) bond motifs is 1. The van der Waals surface area contributed by atoms with E-state index >= 15 is 0 Å². The van der Waals surface area contributed by atoms with Gasteiger partial charge in [0.15, 0.2) is 0 Å². The number of rotatable bonds is 1. The summed E-state index contributed by atoms with van der Waals surface area (Å²) in [5.74, 6) is 0.315. The highest BCUT2D eigenvalue weighted by atomic mass is 35.5. The first-order chi connectivity index (χ1) is 9.49. The molecule has 5 heteroatoms. The number of nitrogens with two attached hydrogens (primary N) is 1. The maximum atomic E-state index is 10.7. The highest BCUT2D eigenvalue weighted by Gasteiger charge is 2.43. The molecule has 1 saturated carbocycles. The predicted molar refractivity (Wildman–Crippen MR) is 84.6 cm³/mol. The van der Waals surface area contributed by atoms with Gasteiger partial charge in [0.05, 0.1) is 21.3 Å². The molecule has 20 heavy (non-hydrogen) atoms. The van der Waals surface area contributed by atoms with E-state index in [0.717, 1.165) is 44.5 Å². The molecule has 0 spiro atoms. The molecule has 1 heterocycles. The van der Waals surface area contributed by atoms with E-state index in [1.807, 2.05) is 0 Å². The number of nitrogen functional groups attached to an aromatic ring is 1. The number of hydrogen-bond acceptors (Lipinski definition) is 3. The van der Waals surface area contributed by atoms with Crippen LogP contribution in [0.1, 0.15) is 32.1 Å². The second-order valence-electron chi connectivity index (χ2n) is 6.08. The molecule has 0 radical (unpaired) electrons. The van der Waals surface area contributed by atoms with E-state index in [1.54, 1.807) is 12.1 Å². The molecule has 2 unspecified atom stereocenters. The van der Waals surface area contributed by atoms with Gasteiger partial charge in [0, 0.05) is 24.7 Å². The third-order valence-corrected chi connectivity index (χ3v) is 5.36. The minimum Gasteiger partial charge on any atom is -0.399 e. The molecule has 1 saturated heterocycles. The van der Waals surface area contributed by atoms with Gasteiger partial charge >= 0.3 is 0 Å². The lowest BCUT2D eigenvalue weighted by Gasteiger charge is -2.48. The van der Waals surface area contributed by atoms with E-state index in [4.69, 9.17) is 28.9 Å². The zero-order chi connectivity index (χ0) is 14.3. The molecule has 2 fully saturated rings. The third-order valence-electron chi connectivity index (χ3n) is 4.78. The summed E-state index contributed by atoms with van der Waals surface area (Å²) in [6.07, 6.45) is 5.13. The van der Waals surface area contributed by atoms with Crippen molar-refractivity contribution in [1.82, 2.24) is 0 Å². The van der Waals surface area contributed by atoms with Crippen LogP contribution in [0, 0.1) is 5.92 Å². The molecule has 1 aliphatic carbocycles. The molecule has 2 aliphatic rings. The van der Waals surface area contributed by atoms with E-state index in [-0.39, 0.29) is 0 Å². The summed E-state index contributed by atoms with van der Waals surface area (Å²) >= 11 is 12.6. The van der Waals surface area contributed by atoms with Gasteiger partial charge < -0.3 is 15.7 Å². The van der Waals surface area contributed by atoms with Crippen molar-refractivity contribution < 1.29 is 5.11 Å². The fraction of sp³-hybridized carbons (Fsp3) is 0.600. The molecule has 1 aromatic rings. The van der Waals surface area contributed by atoms with Gasteiger partial charge in [-0.05, 0) is 31.4 Å². The quantitative estimate of drug-likeness (QED) is 0.777. The summed E-state index contributed by atoms with van der Waals surface area (Å²) in [5, 5.41) is 11.9. The summed E-state index contributed by atoms with van der Waals surface area (Å²) in [7, 11) is 0.